The molecule has 1 atom stereocenters. The Balaban J connectivity index is 2.03. The lowest BCUT2D eigenvalue weighted by Gasteiger charge is -2.23. The van der Waals surface area contributed by atoms with Gasteiger partial charge < -0.3 is 5.32 Å². The predicted molar refractivity (Wildman–Crippen MR) is 69.9 cm³/mol. The van der Waals surface area contributed by atoms with Crippen LogP contribution in [0, 0.1) is 12.8 Å². The van der Waals surface area contributed by atoms with E-state index < -0.39 is 0 Å². The maximum atomic E-state index is 3.50. The van der Waals surface area contributed by atoms with Gasteiger partial charge >= 0.3 is 0 Å². The van der Waals surface area contributed by atoms with Crippen LogP contribution in [0.1, 0.15) is 36.5 Å². The minimum Gasteiger partial charge on any atom is -0.316 e. The summed E-state index contributed by atoms with van der Waals surface area (Å²) in [7, 11) is 0. The fourth-order valence-corrected chi connectivity index (χ4v) is 2.66. The van der Waals surface area contributed by atoms with Crippen molar-refractivity contribution in [3.05, 3.63) is 34.9 Å². The molecule has 1 heteroatoms. The van der Waals surface area contributed by atoms with Crippen LogP contribution in [0.25, 0.3) is 0 Å². The summed E-state index contributed by atoms with van der Waals surface area (Å²) in [6.07, 6.45) is 5.14. The number of nitrogens with one attached hydrogen (secondary N) is 1. The Kier molecular flexibility index (Phi) is 4.00. The average Bonchev–Trinajstić information content (AvgIpc) is 2.33. The average molecular weight is 217 g/mol. The Morgan fingerprint density at radius 3 is 2.94 bits per heavy atom. The largest absolute Gasteiger partial charge is 0.316 e. The molecule has 1 aromatic rings. The van der Waals surface area contributed by atoms with E-state index in [1.165, 1.54) is 49.0 Å². The van der Waals surface area contributed by atoms with Gasteiger partial charge in [0.2, 0.25) is 0 Å². The van der Waals surface area contributed by atoms with Gasteiger partial charge in [0.05, 0.1) is 0 Å². The lowest BCUT2D eigenvalue weighted by atomic mass is 9.91. The van der Waals surface area contributed by atoms with Crippen LogP contribution in [0.5, 0.6) is 0 Å². The van der Waals surface area contributed by atoms with Gasteiger partial charge in [0, 0.05) is 0 Å². The SMILES string of the molecule is CCc1cc(CC2CCCNC2)ccc1C. The number of piperidine rings is 1. The third-order valence-electron chi connectivity index (χ3n) is 3.72. The first-order valence-electron chi connectivity index (χ1n) is 6.58. The van der Waals surface area contributed by atoms with Crippen molar-refractivity contribution >= 4 is 0 Å². The molecule has 1 nitrogen and oxygen atoms in total. The van der Waals surface area contributed by atoms with Crippen molar-refractivity contribution in [2.45, 2.75) is 39.5 Å². The molecule has 0 aromatic heterocycles. The number of hydrogen-bond acceptors (Lipinski definition) is 1. The van der Waals surface area contributed by atoms with Crippen molar-refractivity contribution in [3.8, 4) is 0 Å². The second-order valence-corrected chi connectivity index (χ2v) is 5.03. The van der Waals surface area contributed by atoms with E-state index in [4.69, 9.17) is 0 Å². The van der Waals surface area contributed by atoms with Gasteiger partial charge in [0.1, 0.15) is 0 Å². The summed E-state index contributed by atoms with van der Waals surface area (Å²) in [6.45, 7) is 6.87. The van der Waals surface area contributed by atoms with E-state index in [1.807, 2.05) is 0 Å². The minimum atomic E-state index is 0.848. The first-order valence-corrected chi connectivity index (χ1v) is 6.58. The molecule has 88 valence electrons. The third-order valence-corrected chi connectivity index (χ3v) is 3.72. The Labute approximate surface area is 99.3 Å². The van der Waals surface area contributed by atoms with E-state index in [2.05, 4.69) is 37.4 Å². The zero-order chi connectivity index (χ0) is 11.4. The Morgan fingerprint density at radius 2 is 2.25 bits per heavy atom. The molecule has 1 fully saturated rings. The molecule has 1 unspecified atom stereocenters. The molecule has 0 aliphatic carbocycles. The van der Waals surface area contributed by atoms with Gasteiger partial charge in [0.15, 0.2) is 0 Å². The van der Waals surface area contributed by atoms with E-state index in [1.54, 1.807) is 0 Å². The first-order chi connectivity index (χ1) is 7.79. The molecular formula is C15H23N. The highest BCUT2D eigenvalue weighted by molar-refractivity contribution is 5.31. The molecule has 1 aliphatic heterocycles. The molecular weight excluding hydrogens is 194 g/mol. The van der Waals surface area contributed by atoms with Crippen LogP contribution in [0.15, 0.2) is 18.2 Å². The van der Waals surface area contributed by atoms with E-state index in [-0.39, 0.29) is 0 Å². The van der Waals surface area contributed by atoms with E-state index >= 15 is 0 Å². The van der Waals surface area contributed by atoms with Crippen molar-refractivity contribution in [2.75, 3.05) is 13.1 Å². The summed E-state index contributed by atoms with van der Waals surface area (Å²) in [5.74, 6) is 0.848. The number of hydrogen-bond donors (Lipinski definition) is 1. The van der Waals surface area contributed by atoms with Crippen LogP contribution in [0.4, 0.5) is 0 Å². The Bertz CT molecular complexity index is 337. The summed E-state index contributed by atoms with van der Waals surface area (Å²) in [6, 6.07) is 7.00. The molecule has 1 aromatic carbocycles. The van der Waals surface area contributed by atoms with Crippen LogP contribution in [0.3, 0.4) is 0 Å². The summed E-state index contributed by atoms with van der Waals surface area (Å²) in [5, 5.41) is 3.50. The second kappa shape index (κ2) is 5.49. The standard InChI is InChI=1S/C15H23N/c1-3-15-10-13(7-6-12(15)2)9-14-5-4-8-16-11-14/h6-7,10,14,16H,3-5,8-9,11H2,1-2H3. The normalized spacial score (nSPS) is 21.0. The van der Waals surface area contributed by atoms with Crippen LogP contribution >= 0.6 is 0 Å². The molecule has 1 N–H and O–H groups in total. The van der Waals surface area contributed by atoms with Crippen molar-refractivity contribution in [1.82, 2.24) is 5.32 Å². The number of aryl methyl sites for hydroxylation is 2. The number of rotatable bonds is 3. The molecule has 0 bridgehead atoms. The topological polar surface area (TPSA) is 12.0 Å². The highest BCUT2D eigenvalue weighted by Gasteiger charge is 2.13. The Morgan fingerprint density at radius 1 is 1.38 bits per heavy atom. The second-order valence-electron chi connectivity index (χ2n) is 5.03. The quantitative estimate of drug-likeness (QED) is 0.820. The van der Waals surface area contributed by atoms with E-state index in [0.29, 0.717) is 0 Å². The number of benzene rings is 1. The molecule has 0 saturated carbocycles. The van der Waals surface area contributed by atoms with Gasteiger partial charge in [-0.25, -0.2) is 0 Å². The van der Waals surface area contributed by atoms with E-state index in [0.717, 1.165) is 12.3 Å². The molecule has 1 saturated heterocycles. The lowest BCUT2D eigenvalue weighted by molar-refractivity contribution is 0.376. The molecule has 0 spiro atoms. The fourth-order valence-electron chi connectivity index (χ4n) is 2.66. The van der Waals surface area contributed by atoms with E-state index in [9.17, 15) is 0 Å². The summed E-state index contributed by atoms with van der Waals surface area (Å²) < 4.78 is 0. The molecule has 0 radical (unpaired) electrons. The lowest BCUT2D eigenvalue weighted by Crippen LogP contribution is -2.30. The summed E-state index contributed by atoms with van der Waals surface area (Å²) in [4.78, 5) is 0. The molecule has 0 amide bonds. The minimum absolute atomic E-state index is 0.848. The smallest absolute Gasteiger partial charge is 0.00173 e. The maximum absolute atomic E-state index is 3.50. The molecule has 16 heavy (non-hydrogen) atoms. The van der Waals surface area contributed by atoms with Crippen molar-refractivity contribution in [3.63, 3.8) is 0 Å². The zero-order valence-electron chi connectivity index (χ0n) is 10.6. The van der Waals surface area contributed by atoms with Crippen LogP contribution in [-0.2, 0) is 12.8 Å². The molecule has 1 aliphatic rings. The van der Waals surface area contributed by atoms with Gasteiger partial charge in [-0.05, 0) is 68.3 Å². The maximum Gasteiger partial charge on any atom is -0.00173 e. The summed E-state index contributed by atoms with van der Waals surface area (Å²) in [5.41, 5.74) is 4.48. The highest BCUT2D eigenvalue weighted by Crippen LogP contribution is 2.19. The summed E-state index contributed by atoms with van der Waals surface area (Å²) >= 11 is 0. The fraction of sp³-hybridized carbons (Fsp3) is 0.600. The third kappa shape index (κ3) is 2.85. The van der Waals surface area contributed by atoms with Gasteiger partial charge in [-0.2, -0.15) is 0 Å². The Hall–Kier alpha value is -0.820. The van der Waals surface area contributed by atoms with Gasteiger partial charge in [0.25, 0.3) is 0 Å². The van der Waals surface area contributed by atoms with Gasteiger partial charge in [-0.3, -0.25) is 0 Å². The molecule has 2 rings (SSSR count). The van der Waals surface area contributed by atoms with Crippen LogP contribution in [-0.4, -0.2) is 13.1 Å². The first kappa shape index (κ1) is 11.7. The highest BCUT2D eigenvalue weighted by atomic mass is 14.9. The van der Waals surface area contributed by atoms with Crippen LogP contribution < -0.4 is 5.32 Å². The monoisotopic (exact) mass is 217 g/mol. The van der Waals surface area contributed by atoms with Crippen molar-refractivity contribution in [1.29, 1.82) is 0 Å². The van der Waals surface area contributed by atoms with Crippen molar-refractivity contribution < 1.29 is 0 Å². The zero-order valence-corrected chi connectivity index (χ0v) is 10.6. The van der Waals surface area contributed by atoms with Crippen molar-refractivity contribution in [2.24, 2.45) is 5.92 Å². The predicted octanol–water partition coefficient (Wildman–Crippen LogP) is 3.10. The molecule has 1 heterocycles. The van der Waals surface area contributed by atoms with Gasteiger partial charge in [-0.15, -0.1) is 0 Å². The van der Waals surface area contributed by atoms with Gasteiger partial charge in [-0.1, -0.05) is 25.1 Å². The van der Waals surface area contributed by atoms with Crippen LogP contribution in [0.2, 0.25) is 0 Å².